The van der Waals surface area contributed by atoms with Crippen LogP contribution in [0.25, 0.3) is 0 Å². The van der Waals surface area contributed by atoms with E-state index in [-0.39, 0.29) is 24.9 Å². The molecule has 2 amide bonds. The van der Waals surface area contributed by atoms with E-state index in [4.69, 9.17) is 5.11 Å². The lowest BCUT2D eigenvalue weighted by molar-refractivity contribution is -0.143. The second-order valence-corrected chi connectivity index (χ2v) is 5.47. The van der Waals surface area contributed by atoms with Crippen molar-refractivity contribution < 1.29 is 19.5 Å². The van der Waals surface area contributed by atoms with Crippen molar-refractivity contribution in [3.8, 4) is 0 Å². The van der Waals surface area contributed by atoms with Gasteiger partial charge >= 0.3 is 5.97 Å². The fourth-order valence-electron chi connectivity index (χ4n) is 1.60. The van der Waals surface area contributed by atoms with E-state index in [0.29, 0.717) is 17.7 Å². The third-order valence-corrected chi connectivity index (χ3v) is 3.95. The SMILES string of the molecule is O=C(CNC(=O)c1cccs1)NCC1(C(=O)O)CC1. The number of aliphatic carboxylic acids is 1. The lowest BCUT2D eigenvalue weighted by Crippen LogP contribution is -2.40. The Bertz CT molecular complexity index is 494. The molecule has 1 fully saturated rings. The van der Waals surface area contributed by atoms with Crippen molar-refractivity contribution in [1.82, 2.24) is 10.6 Å². The van der Waals surface area contributed by atoms with Gasteiger partial charge in [0.15, 0.2) is 0 Å². The van der Waals surface area contributed by atoms with Crippen molar-refractivity contribution in [3.05, 3.63) is 22.4 Å². The minimum atomic E-state index is -0.879. The Labute approximate surface area is 113 Å². The van der Waals surface area contributed by atoms with E-state index in [2.05, 4.69) is 10.6 Å². The number of hydrogen-bond acceptors (Lipinski definition) is 4. The predicted molar refractivity (Wildman–Crippen MR) is 69.0 cm³/mol. The maximum absolute atomic E-state index is 11.6. The van der Waals surface area contributed by atoms with Crippen LogP contribution in [0.1, 0.15) is 22.5 Å². The average Bonchev–Trinajstić information content (AvgIpc) is 2.99. The smallest absolute Gasteiger partial charge is 0.311 e. The summed E-state index contributed by atoms with van der Waals surface area (Å²) in [7, 11) is 0. The molecule has 0 atom stereocenters. The molecule has 2 rings (SSSR count). The van der Waals surface area contributed by atoms with Gasteiger partial charge in [-0.15, -0.1) is 11.3 Å². The number of carbonyl (C=O) groups excluding carboxylic acids is 2. The Morgan fingerprint density at radius 3 is 2.58 bits per heavy atom. The zero-order valence-electron chi connectivity index (χ0n) is 10.1. The van der Waals surface area contributed by atoms with Crippen LogP contribution in [-0.4, -0.2) is 36.0 Å². The number of thiophene rings is 1. The molecule has 19 heavy (non-hydrogen) atoms. The van der Waals surface area contributed by atoms with Gasteiger partial charge in [-0.3, -0.25) is 14.4 Å². The molecule has 1 heterocycles. The van der Waals surface area contributed by atoms with Crippen LogP contribution in [0.15, 0.2) is 17.5 Å². The van der Waals surface area contributed by atoms with Crippen LogP contribution in [0.2, 0.25) is 0 Å². The normalized spacial score (nSPS) is 15.6. The summed E-state index contributed by atoms with van der Waals surface area (Å²) in [6.07, 6.45) is 1.17. The summed E-state index contributed by atoms with van der Waals surface area (Å²) in [6.45, 7) is -0.0253. The van der Waals surface area contributed by atoms with Crippen LogP contribution < -0.4 is 10.6 Å². The fourth-order valence-corrected chi connectivity index (χ4v) is 2.24. The number of nitrogens with one attached hydrogen (secondary N) is 2. The zero-order valence-corrected chi connectivity index (χ0v) is 11.0. The first-order chi connectivity index (χ1) is 9.03. The molecule has 3 N–H and O–H groups in total. The van der Waals surface area contributed by atoms with Gasteiger partial charge in [-0.05, 0) is 24.3 Å². The van der Waals surface area contributed by atoms with Crippen LogP contribution in [0.3, 0.4) is 0 Å². The molecule has 0 bridgehead atoms. The van der Waals surface area contributed by atoms with Crippen LogP contribution in [0.5, 0.6) is 0 Å². The van der Waals surface area contributed by atoms with Gasteiger partial charge in [-0.1, -0.05) is 6.07 Å². The van der Waals surface area contributed by atoms with E-state index >= 15 is 0 Å². The summed E-state index contributed by atoms with van der Waals surface area (Å²) in [5.74, 6) is -1.56. The molecule has 0 aromatic carbocycles. The van der Waals surface area contributed by atoms with E-state index in [1.807, 2.05) is 0 Å². The number of carbonyl (C=O) groups is 3. The Kier molecular flexibility index (Phi) is 3.84. The molecule has 1 aliphatic rings. The van der Waals surface area contributed by atoms with E-state index in [1.165, 1.54) is 11.3 Å². The summed E-state index contributed by atoms with van der Waals surface area (Å²) in [6, 6.07) is 3.42. The molecule has 6 nitrogen and oxygen atoms in total. The molecule has 1 aliphatic carbocycles. The first-order valence-electron chi connectivity index (χ1n) is 5.85. The number of hydrogen-bond donors (Lipinski definition) is 3. The first kappa shape index (κ1) is 13.5. The quantitative estimate of drug-likeness (QED) is 0.706. The molecular formula is C12H14N2O4S. The highest BCUT2D eigenvalue weighted by atomic mass is 32.1. The van der Waals surface area contributed by atoms with Gasteiger partial charge in [0, 0.05) is 6.54 Å². The zero-order chi connectivity index (χ0) is 13.9. The van der Waals surface area contributed by atoms with Crippen LogP contribution in [0.4, 0.5) is 0 Å². The lowest BCUT2D eigenvalue weighted by Gasteiger charge is -2.11. The third-order valence-electron chi connectivity index (χ3n) is 3.09. The second kappa shape index (κ2) is 5.40. The standard InChI is InChI=1S/C12H14N2O4S/c15-9(14-7-12(3-4-12)11(17)18)6-13-10(16)8-2-1-5-19-8/h1-2,5H,3-4,6-7H2,(H,13,16)(H,14,15)(H,17,18). The van der Waals surface area contributed by atoms with Crippen molar-refractivity contribution in [2.45, 2.75) is 12.8 Å². The van der Waals surface area contributed by atoms with E-state index < -0.39 is 11.4 Å². The number of rotatable bonds is 6. The number of carboxylic acids is 1. The molecule has 1 aromatic heterocycles. The molecule has 102 valence electrons. The summed E-state index contributed by atoms with van der Waals surface area (Å²) < 4.78 is 0. The fraction of sp³-hybridized carbons (Fsp3) is 0.417. The highest BCUT2D eigenvalue weighted by Gasteiger charge is 2.50. The van der Waals surface area contributed by atoms with Crippen LogP contribution >= 0.6 is 11.3 Å². The topological polar surface area (TPSA) is 95.5 Å². The minimum absolute atomic E-state index is 0.121. The van der Waals surface area contributed by atoms with E-state index in [0.717, 1.165) is 0 Å². The molecule has 1 aromatic rings. The first-order valence-corrected chi connectivity index (χ1v) is 6.73. The number of amides is 2. The number of carboxylic acid groups (broad SMARTS) is 1. The minimum Gasteiger partial charge on any atom is -0.481 e. The summed E-state index contributed by atoms with van der Waals surface area (Å²) in [5, 5.41) is 15.7. The van der Waals surface area contributed by atoms with Gasteiger partial charge in [-0.2, -0.15) is 0 Å². The van der Waals surface area contributed by atoms with E-state index in [1.54, 1.807) is 17.5 Å². The average molecular weight is 282 g/mol. The van der Waals surface area contributed by atoms with Crippen molar-refractivity contribution in [2.24, 2.45) is 5.41 Å². The summed E-state index contributed by atoms with van der Waals surface area (Å²) in [5.41, 5.74) is -0.784. The molecule has 0 aliphatic heterocycles. The second-order valence-electron chi connectivity index (χ2n) is 4.52. The molecule has 0 spiro atoms. The van der Waals surface area contributed by atoms with Crippen molar-refractivity contribution in [1.29, 1.82) is 0 Å². The summed E-state index contributed by atoms with van der Waals surface area (Å²) in [4.78, 5) is 34.5. The monoisotopic (exact) mass is 282 g/mol. The highest BCUT2D eigenvalue weighted by Crippen LogP contribution is 2.45. The summed E-state index contributed by atoms with van der Waals surface area (Å²) >= 11 is 1.29. The van der Waals surface area contributed by atoms with Crippen LogP contribution in [0, 0.1) is 5.41 Å². The lowest BCUT2D eigenvalue weighted by atomic mass is 10.1. The van der Waals surface area contributed by atoms with Gasteiger partial charge in [0.2, 0.25) is 5.91 Å². The van der Waals surface area contributed by atoms with Crippen molar-refractivity contribution >= 4 is 29.1 Å². The van der Waals surface area contributed by atoms with Crippen LogP contribution in [-0.2, 0) is 9.59 Å². The molecule has 7 heteroatoms. The highest BCUT2D eigenvalue weighted by molar-refractivity contribution is 7.12. The Morgan fingerprint density at radius 1 is 1.32 bits per heavy atom. The van der Waals surface area contributed by atoms with Crippen molar-refractivity contribution in [3.63, 3.8) is 0 Å². The molecule has 0 unspecified atom stereocenters. The predicted octanol–water partition coefficient (Wildman–Crippen LogP) is 0.459. The Balaban J connectivity index is 1.71. The largest absolute Gasteiger partial charge is 0.481 e. The Hall–Kier alpha value is -1.89. The van der Waals surface area contributed by atoms with Crippen molar-refractivity contribution in [2.75, 3.05) is 13.1 Å². The molecule has 1 saturated carbocycles. The van der Waals surface area contributed by atoms with Gasteiger partial charge in [0.25, 0.3) is 5.91 Å². The van der Waals surface area contributed by atoms with Gasteiger partial charge in [0.1, 0.15) is 0 Å². The molecule has 0 saturated heterocycles. The molecule has 0 radical (unpaired) electrons. The maximum atomic E-state index is 11.6. The Morgan fingerprint density at radius 2 is 2.05 bits per heavy atom. The maximum Gasteiger partial charge on any atom is 0.311 e. The van der Waals surface area contributed by atoms with Gasteiger partial charge in [0.05, 0.1) is 16.8 Å². The van der Waals surface area contributed by atoms with Gasteiger partial charge in [-0.25, -0.2) is 0 Å². The van der Waals surface area contributed by atoms with E-state index in [9.17, 15) is 14.4 Å². The molecular weight excluding hydrogens is 268 g/mol. The third kappa shape index (κ3) is 3.31. The van der Waals surface area contributed by atoms with Gasteiger partial charge < -0.3 is 15.7 Å².